The van der Waals surface area contributed by atoms with Crippen LogP contribution in [-0.2, 0) is 14.3 Å². The molecule has 14 heteroatoms. The number of benzene rings is 3. The van der Waals surface area contributed by atoms with Crippen LogP contribution in [-0.4, -0.2) is 97.0 Å². The molecular formula is C44H48N8O6. The van der Waals surface area contributed by atoms with Gasteiger partial charge in [0.2, 0.25) is 5.91 Å². The van der Waals surface area contributed by atoms with Crippen LogP contribution >= 0.6 is 0 Å². The number of hydrogen-bond acceptors (Lipinski definition) is 7. The van der Waals surface area contributed by atoms with E-state index in [4.69, 9.17) is 9.72 Å². The molecular weight excluding hydrogens is 737 g/mol. The number of imidazole rings is 2. The first kappa shape index (κ1) is 38.4. The highest BCUT2D eigenvalue weighted by atomic mass is 16.5. The summed E-state index contributed by atoms with van der Waals surface area (Å²) in [4.78, 5) is 72.3. The predicted octanol–water partition coefficient (Wildman–Crippen LogP) is 7.34. The summed E-state index contributed by atoms with van der Waals surface area (Å²) in [6, 6.07) is 24.1. The first-order valence-electron chi connectivity index (χ1n) is 20.0. The van der Waals surface area contributed by atoms with E-state index >= 15 is 0 Å². The van der Waals surface area contributed by atoms with Crippen LogP contribution in [0.1, 0.15) is 80.3 Å². The standard InChI is InChI=1S/C44H48N8O6/c1-50(44(56)57)38(31-8-4-3-5-9-31)42(54)52-23-7-11-37(52)40-46-26-35(49-40)30-18-14-28(15-19-30)27-12-16-29(17-13-27)34-25-45-39(48-34)36-10-6-22-51(36)41(53)32-20-21-33(24-32)47-43(55)58-2/h3-5,8-9,12-19,25-26,32-33,36-38H,6-7,10-11,20-24H2,1-2H3,(H,45,48)(H,46,49)(H,47,55)(H,56,57)/t32-,33+,36-,37-,38+/m0/s1. The number of alkyl carbamates (subject to hydrolysis) is 1. The number of likely N-dealkylation sites (tertiary alicyclic amines) is 2. The number of ether oxygens (including phenoxy) is 1. The SMILES string of the molecule is COC(=O)N[C@@H]1CC[C@H](C(=O)N2CCC[C@H]2c2ncc(-c3ccc(-c4ccc(-c5cnc([C@@H]6CCCN6C(=O)[C@@H](c6ccccc6)N(C)C(=O)O)[nH]5)cc4)cc3)[nH]2)C1. The van der Waals surface area contributed by atoms with Crippen LogP contribution in [0, 0.1) is 5.92 Å². The Morgan fingerprint density at radius 1 is 0.759 bits per heavy atom. The summed E-state index contributed by atoms with van der Waals surface area (Å²) in [7, 11) is 2.78. The molecule has 4 N–H and O–H groups in total. The van der Waals surface area contributed by atoms with Gasteiger partial charge in [-0.3, -0.25) is 14.5 Å². The Morgan fingerprint density at radius 2 is 1.29 bits per heavy atom. The maximum absolute atomic E-state index is 13.9. The fraction of sp³-hybridized carbons (Fsp3) is 0.364. The van der Waals surface area contributed by atoms with Gasteiger partial charge in [0.25, 0.3) is 5.91 Å². The predicted molar refractivity (Wildman–Crippen MR) is 216 cm³/mol. The zero-order valence-electron chi connectivity index (χ0n) is 32.6. The zero-order valence-corrected chi connectivity index (χ0v) is 32.6. The highest BCUT2D eigenvalue weighted by Crippen LogP contribution is 2.38. The first-order chi connectivity index (χ1) is 28.2. The highest BCUT2D eigenvalue weighted by molar-refractivity contribution is 5.87. The van der Waals surface area contributed by atoms with Gasteiger partial charge in [-0.15, -0.1) is 0 Å². The summed E-state index contributed by atoms with van der Waals surface area (Å²) in [6.45, 7) is 1.22. The molecule has 2 aliphatic heterocycles. The number of carbonyl (C=O) groups excluding carboxylic acids is 3. The Labute approximate surface area is 336 Å². The van der Waals surface area contributed by atoms with Gasteiger partial charge < -0.3 is 34.9 Å². The third-order valence-corrected chi connectivity index (χ3v) is 11.9. The molecule has 0 radical (unpaired) electrons. The lowest BCUT2D eigenvalue weighted by atomic mass is 10.0. The lowest BCUT2D eigenvalue weighted by molar-refractivity contribution is -0.137. The van der Waals surface area contributed by atoms with Crippen LogP contribution in [0.3, 0.4) is 0 Å². The third kappa shape index (κ3) is 7.78. The molecule has 0 spiro atoms. The summed E-state index contributed by atoms with van der Waals surface area (Å²) in [5, 5.41) is 12.6. The van der Waals surface area contributed by atoms with Crippen molar-refractivity contribution >= 4 is 24.0 Å². The molecule has 300 valence electrons. The summed E-state index contributed by atoms with van der Waals surface area (Å²) < 4.78 is 4.73. The number of amides is 4. The first-order valence-corrected chi connectivity index (χ1v) is 20.0. The summed E-state index contributed by atoms with van der Waals surface area (Å²) in [6.07, 6.45) is 7.41. The van der Waals surface area contributed by atoms with Gasteiger partial charge in [0.1, 0.15) is 17.7 Å². The molecule has 3 fully saturated rings. The van der Waals surface area contributed by atoms with Gasteiger partial charge in [-0.1, -0.05) is 78.9 Å². The van der Waals surface area contributed by atoms with Crippen molar-refractivity contribution in [1.82, 2.24) is 40.0 Å². The van der Waals surface area contributed by atoms with E-state index in [0.29, 0.717) is 30.9 Å². The second-order valence-electron chi connectivity index (χ2n) is 15.4. The fourth-order valence-corrected chi connectivity index (χ4v) is 8.85. The molecule has 1 saturated carbocycles. The normalized spacial score (nSPS) is 20.9. The van der Waals surface area contributed by atoms with E-state index in [-0.39, 0.29) is 35.9 Å². The molecule has 2 aromatic heterocycles. The number of rotatable bonds is 10. The summed E-state index contributed by atoms with van der Waals surface area (Å²) >= 11 is 0. The van der Waals surface area contributed by atoms with E-state index in [1.165, 1.54) is 14.2 Å². The number of H-pyrrole nitrogens is 2. The van der Waals surface area contributed by atoms with Crippen molar-refractivity contribution in [3.8, 4) is 33.6 Å². The second kappa shape index (κ2) is 16.6. The highest BCUT2D eigenvalue weighted by Gasteiger charge is 2.40. The largest absolute Gasteiger partial charge is 0.465 e. The quantitative estimate of drug-likeness (QED) is 0.114. The van der Waals surface area contributed by atoms with Crippen molar-refractivity contribution in [1.29, 1.82) is 0 Å². The molecule has 4 heterocycles. The molecule has 1 aliphatic carbocycles. The van der Waals surface area contributed by atoms with Crippen LogP contribution in [0.25, 0.3) is 33.6 Å². The van der Waals surface area contributed by atoms with Gasteiger partial charge in [0.15, 0.2) is 0 Å². The fourth-order valence-electron chi connectivity index (χ4n) is 8.85. The van der Waals surface area contributed by atoms with Crippen LogP contribution in [0.4, 0.5) is 9.59 Å². The van der Waals surface area contributed by atoms with Gasteiger partial charge >= 0.3 is 12.2 Å². The number of likely N-dealkylation sites (N-methyl/N-ethyl adjacent to an activating group) is 1. The van der Waals surface area contributed by atoms with E-state index in [2.05, 4.69) is 56.7 Å². The Kier molecular flexibility index (Phi) is 11.0. The number of nitrogens with one attached hydrogen (secondary N) is 3. The number of aromatic amines is 2. The van der Waals surface area contributed by atoms with Crippen LogP contribution in [0.15, 0.2) is 91.3 Å². The van der Waals surface area contributed by atoms with Crippen LogP contribution < -0.4 is 5.32 Å². The monoisotopic (exact) mass is 784 g/mol. The number of carboxylic acid groups (broad SMARTS) is 1. The average molecular weight is 785 g/mol. The number of hydrogen-bond donors (Lipinski definition) is 4. The topological polar surface area (TPSA) is 177 Å². The Balaban J connectivity index is 0.907. The zero-order chi connectivity index (χ0) is 40.3. The maximum Gasteiger partial charge on any atom is 0.407 e. The van der Waals surface area contributed by atoms with Gasteiger partial charge in [-0.25, -0.2) is 19.6 Å². The molecule has 2 saturated heterocycles. The van der Waals surface area contributed by atoms with Crippen molar-refractivity contribution in [2.24, 2.45) is 5.92 Å². The third-order valence-electron chi connectivity index (χ3n) is 11.9. The van der Waals surface area contributed by atoms with E-state index in [1.807, 2.05) is 29.3 Å². The van der Waals surface area contributed by atoms with E-state index < -0.39 is 18.2 Å². The number of aromatic nitrogens is 4. The smallest absolute Gasteiger partial charge is 0.407 e. The lowest BCUT2D eigenvalue weighted by Gasteiger charge is -2.32. The van der Waals surface area contributed by atoms with Gasteiger partial charge in [-0.2, -0.15) is 0 Å². The second-order valence-corrected chi connectivity index (χ2v) is 15.4. The molecule has 8 rings (SSSR count). The van der Waals surface area contributed by atoms with Crippen molar-refractivity contribution < 1.29 is 29.0 Å². The molecule has 3 aliphatic rings. The van der Waals surface area contributed by atoms with Gasteiger partial charge in [-0.05, 0) is 72.8 Å². The van der Waals surface area contributed by atoms with Crippen molar-refractivity contribution in [3.63, 3.8) is 0 Å². The van der Waals surface area contributed by atoms with E-state index in [1.54, 1.807) is 35.4 Å². The number of methoxy groups -OCH3 is 1. The van der Waals surface area contributed by atoms with Crippen LogP contribution in [0.2, 0.25) is 0 Å². The minimum atomic E-state index is -1.17. The molecule has 5 atom stereocenters. The molecule has 58 heavy (non-hydrogen) atoms. The van der Waals surface area contributed by atoms with Crippen molar-refractivity contribution in [2.75, 3.05) is 27.2 Å². The van der Waals surface area contributed by atoms with Crippen molar-refractivity contribution in [3.05, 3.63) is 108 Å². The molecule has 0 unspecified atom stereocenters. The van der Waals surface area contributed by atoms with Gasteiger partial charge in [0.05, 0.1) is 43.0 Å². The molecule has 3 aromatic carbocycles. The average Bonchev–Trinajstić information content (AvgIpc) is 4.11. The number of nitrogens with zero attached hydrogens (tertiary/aromatic N) is 5. The Hall–Kier alpha value is -6.44. The molecule has 5 aromatic rings. The minimum absolute atomic E-state index is 0.0479. The summed E-state index contributed by atoms with van der Waals surface area (Å²) in [5.41, 5.74) is 6.42. The maximum atomic E-state index is 13.9. The Bertz CT molecular complexity index is 2250. The molecule has 4 amide bonds. The number of carbonyl (C=O) groups is 4. The molecule has 14 nitrogen and oxygen atoms in total. The van der Waals surface area contributed by atoms with Gasteiger partial charge in [0, 0.05) is 32.1 Å². The minimum Gasteiger partial charge on any atom is -0.465 e. The molecule has 0 bridgehead atoms. The summed E-state index contributed by atoms with van der Waals surface area (Å²) in [5.74, 6) is 1.21. The lowest BCUT2D eigenvalue weighted by Crippen LogP contribution is -2.43. The van der Waals surface area contributed by atoms with E-state index in [9.17, 15) is 24.3 Å². The Morgan fingerprint density at radius 3 is 1.84 bits per heavy atom. The van der Waals surface area contributed by atoms with Crippen LogP contribution in [0.5, 0.6) is 0 Å². The van der Waals surface area contributed by atoms with E-state index in [0.717, 1.165) is 82.9 Å². The van der Waals surface area contributed by atoms with Crippen molar-refractivity contribution in [2.45, 2.75) is 69.1 Å².